The molecule has 0 saturated carbocycles. The summed E-state index contributed by atoms with van der Waals surface area (Å²) in [5.74, 6) is 0. The van der Waals surface area contributed by atoms with Crippen molar-refractivity contribution in [2.75, 3.05) is 13.2 Å². The molecule has 0 aromatic heterocycles. The zero-order valence-corrected chi connectivity index (χ0v) is 10.6. The van der Waals surface area contributed by atoms with E-state index in [0.29, 0.717) is 6.54 Å². The molecule has 82 valence electrons. The maximum Gasteiger partial charge on any atom is 0.289 e. The van der Waals surface area contributed by atoms with Crippen LogP contribution in [0.1, 0.15) is 26.7 Å². The van der Waals surface area contributed by atoms with Crippen molar-refractivity contribution in [3.63, 3.8) is 0 Å². The van der Waals surface area contributed by atoms with Gasteiger partial charge in [0, 0.05) is 6.61 Å². The van der Waals surface area contributed by atoms with Crippen molar-refractivity contribution in [3.8, 4) is 0 Å². The quantitative estimate of drug-likeness (QED) is 0.213. The molecular weight excluding hydrogens is 218 g/mol. The standard InChI is InChI=1S/C9H18ClNO2Si/c1-3-7-13-14(10,4-2)8-5-6-11-9-12/h3-8H2,1-2H3. The van der Waals surface area contributed by atoms with E-state index in [4.69, 9.17) is 15.5 Å². The number of aliphatic imine (C=N–C) groups is 1. The van der Waals surface area contributed by atoms with Crippen molar-refractivity contribution < 1.29 is 9.22 Å². The average molecular weight is 236 g/mol. The van der Waals surface area contributed by atoms with Crippen LogP contribution in [0.15, 0.2) is 4.99 Å². The van der Waals surface area contributed by atoms with Crippen molar-refractivity contribution in [2.24, 2.45) is 4.99 Å². The van der Waals surface area contributed by atoms with Crippen molar-refractivity contribution in [3.05, 3.63) is 0 Å². The number of nitrogens with zero attached hydrogens (tertiary/aromatic N) is 1. The van der Waals surface area contributed by atoms with Crippen LogP contribution in [0.25, 0.3) is 0 Å². The largest absolute Gasteiger partial charge is 0.403 e. The van der Waals surface area contributed by atoms with E-state index < -0.39 is 7.63 Å². The van der Waals surface area contributed by atoms with Gasteiger partial charge in [-0.15, -0.1) is 11.1 Å². The average Bonchev–Trinajstić information content (AvgIpc) is 2.22. The fourth-order valence-corrected chi connectivity index (χ4v) is 3.69. The van der Waals surface area contributed by atoms with Crippen LogP contribution in [0, 0.1) is 0 Å². The van der Waals surface area contributed by atoms with Crippen LogP contribution in [0.2, 0.25) is 12.1 Å². The Morgan fingerprint density at radius 2 is 2.21 bits per heavy atom. The normalized spacial score (nSPS) is 14.5. The predicted octanol–water partition coefficient (Wildman–Crippen LogP) is 2.84. The molecule has 5 heteroatoms. The maximum atomic E-state index is 9.83. The number of isocyanates is 1. The number of rotatable bonds is 8. The van der Waals surface area contributed by atoms with Gasteiger partial charge >= 0.3 is 0 Å². The van der Waals surface area contributed by atoms with Crippen LogP contribution < -0.4 is 0 Å². The zero-order chi connectivity index (χ0) is 10.9. The number of hydrogen-bond acceptors (Lipinski definition) is 3. The molecule has 0 N–H and O–H groups in total. The van der Waals surface area contributed by atoms with Gasteiger partial charge in [0.25, 0.3) is 7.63 Å². The fourth-order valence-electron chi connectivity index (χ4n) is 1.10. The molecule has 0 heterocycles. The Labute approximate surface area is 91.3 Å². The summed E-state index contributed by atoms with van der Waals surface area (Å²) >= 11 is 6.36. The Hall–Kier alpha value is -0.153. The molecule has 0 aliphatic carbocycles. The third-order valence-electron chi connectivity index (χ3n) is 1.98. The van der Waals surface area contributed by atoms with Gasteiger partial charge in [-0.25, -0.2) is 9.79 Å². The predicted molar refractivity (Wildman–Crippen MR) is 60.7 cm³/mol. The molecule has 0 radical (unpaired) electrons. The monoisotopic (exact) mass is 235 g/mol. The van der Waals surface area contributed by atoms with E-state index in [0.717, 1.165) is 31.5 Å². The molecule has 0 aliphatic heterocycles. The zero-order valence-electron chi connectivity index (χ0n) is 8.88. The Bertz CT molecular complexity index is 197. The van der Waals surface area contributed by atoms with Gasteiger partial charge < -0.3 is 4.43 Å². The molecule has 14 heavy (non-hydrogen) atoms. The Balaban J connectivity index is 3.79. The summed E-state index contributed by atoms with van der Waals surface area (Å²) < 4.78 is 5.67. The van der Waals surface area contributed by atoms with Crippen LogP contribution in [-0.4, -0.2) is 26.9 Å². The van der Waals surface area contributed by atoms with Crippen molar-refractivity contribution >= 4 is 24.8 Å². The van der Waals surface area contributed by atoms with Crippen LogP contribution in [-0.2, 0) is 9.22 Å². The lowest BCUT2D eigenvalue weighted by Crippen LogP contribution is -2.31. The van der Waals surface area contributed by atoms with E-state index in [1.54, 1.807) is 0 Å². The van der Waals surface area contributed by atoms with Crippen LogP contribution in [0.5, 0.6) is 0 Å². The molecular formula is C9H18ClNO2Si. The van der Waals surface area contributed by atoms with Crippen LogP contribution >= 0.6 is 11.1 Å². The highest BCUT2D eigenvalue weighted by Crippen LogP contribution is 2.23. The van der Waals surface area contributed by atoms with Crippen LogP contribution in [0.3, 0.4) is 0 Å². The van der Waals surface area contributed by atoms with Gasteiger partial charge in [-0.05, 0) is 24.9 Å². The molecule has 0 saturated heterocycles. The molecule has 1 unspecified atom stereocenters. The van der Waals surface area contributed by atoms with Crippen molar-refractivity contribution in [1.82, 2.24) is 0 Å². The molecule has 0 rings (SSSR count). The SMILES string of the molecule is CCCO[Si](Cl)(CC)CCCN=C=O. The number of carbonyl (C=O) groups excluding carboxylic acids is 1. The van der Waals surface area contributed by atoms with E-state index >= 15 is 0 Å². The first-order chi connectivity index (χ1) is 6.68. The number of hydrogen-bond donors (Lipinski definition) is 0. The second kappa shape index (κ2) is 8.18. The summed E-state index contributed by atoms with van der Waals surface area (Å²) in [6.45, 7) is 5.37. The van der Waals surface area contributed by atoms with E-state index in [1.807, 2.05) is 0 Å². The molecule has 0 fully saturated rings. The van der Waals surface area contributed by atoms with Gasteiger partial charge in [-0.3, -0.25) is 0 Å². The van der Waals surface area contributed by atoms with Gasteiger partial charge in [0.15, 0.2) is 0 Å². The van der Waals surface area contributed by atoms with E-state index in [2.05, 4.69) is 18.8 Å². The second-order valence-corrected chi connectivity index (χ2v) is 8.49. The van der Waals surface area contributed by atoms with Gasteiger partial charge in [0.1, 0.15) is 0 Å². The van der Waals surface area contributed by atoms with Gasteiger partial charge in [0.2, 0.25) is 6.08 Å². The lowest BCUT2D eigenvalue weighted by atomic mass is 10.5. The smallest absolute Gasteiger partial charge is 0.289 e. The molecule has 3 nitrogen and oxygen atoms in total. The minimum atomic E-state index is -2.01. The Morgan fingerprint density at radius 1 is 1.50 bits per heavy atom. The van der Waals surface area contributed by atoms with E-state index in [1.165, 1.54) is 6.08 Å². The highest BCUT2D eigenvalue weighted by molar-refractivity contribution is 7.16. The molecule has 0 aliphatic rings. The van der Waals surface area contributed by atoms with Gasteiger partial charge in [0.05, 0.1) is 6.54 Å². The third-order valence-corrected chi connectivity index (χ3v) is 6.55. The summed E-state index contributed by atoms with van der Waals surface area (Å²) in [6, 6.07) is 1.76. The molecule has 1 atom stereocenters. The summed E-state index contributed by atoms with van der Waals surface area (Å²) in [5.41, 5.74) is 0. The van der Waals surface area contributed by atoms with Crippen LogP contribution in [0.4, 0.5) is 0 Å². The fraction of sp³-hybridized carbons (Fsp3) is 0.889. The molecule has 0 bridgehead atoms. The number of halogens is 1. The lowest BCUT2D eigenvalue weighted by Gasteiger charge is -2.22. The first-order valence-corrected chi connectivity index (χ1v) is 8.38. The van der Waals surface area contributed by atoms with E-state index in [9.17, 15) is 4.79 Å². The lowest BCUT2D eigenvalue weighted by molar-refractivity contribution is 0.311. The molecule has 0 aromatic carbocycles. The molecule has 0 amide bonds. The molecule has 0 spiro atoms. The first-order valence-electron chi connectivity index (χ1n) is 5.05. The van der Waals surface area contributed by atoms with E-state index in [-0.39, 0.29) is 0 Å². The minimum Gasteiger partial charge on any atom is -0.403 e. The van der Waals surface area contributed by atoms with Crippen molar-refractivity contribution in [2.45, 2.75) is 38.8 Å². The molecule has 0 aromatic rings. The second-order valence-electron chi connectivity index (χ2n) is 3.16. The summed E-state index contributed by atoms with van der Waals surface area (Å²) in [5, 5.41) is 0. The highest BCUT2D eigenvalue weighted by atomic mass is 35.6. The maximum absolute atomic E-state index is 9.83. The first kappa shape index (κ1) is 13.8. The minimum absolute atomic E-state index is 0.514. The topological polar surface area (TPSA) is 38.7 Å². The van der Waals surface area contributed by atoms with Gasteiger partial charge in [-0.2, -0.15) is 0 Å². The van der Waals surface area contributed by atoms with Gasteiger partial charge in [-0.1, -0.05) is 13.8 Å². The Morgan fingerprint density at radius 3 is 2.71 bits per heavy atom. The Kier molecular flexibility index (Phi) is 8.09. The summed E-state index contributed by atoms with van der Waals surface area (Å²) in [7, 11) is -2.01. The van der Waals surface area contributed by atoms with Crippen molar-refractivity contribution in [1.29, 1.82) is 0 Å². The summed E-state index contributed by atoms with van der Waals surface area (Å²) in [6.07, 6.45) is 3.34. The highest BCUT2D eigenvalue weighted by Gasteiger charge is 2.29. The third kappa shape index (κ3) is 6.32. The summed E-state index contributed by atoms with van der Waals surface area (Å²) in [4.78, 5) is 13.3.